The van der Waals surface area contributed by atoms with Gasteiger partial charge in [0.25, 0.3) is 0 Å². The van der Waals surface area contributed by atoms with Crippen LogP contribution >= 0.6 is 0 Å². The molecule has 1 saturated carbocycles. The van der Waals surface area contributed by atoms with Crippen molar-refractivity contribution in [1.29, 1.82) is 5.26 Å². The minimum atomic E-state index is -1.18. The zero-order valence-electron chi connectivity index (χ0n) is 14.5. The van der Waals surface area contributed by atoms with Gasteiger partial charge >= 0.3 is 5.97 Å². The number of nitriles is 1. The number of esters is 1. The van der Waals surface area contributed by atoms with Gasteiger partial charge in [-0.2, -0.15) is 5.26 Å². The molecule has 1 fully saturated rings. The number of nitrogens with zero attached hydrogens (tertiary/aromatic N) is 1. The Labute approximate surface area is 138 Å². The van der Waals surface area contributed by atoms with Crippen molar-refractivity contribution in [2.45, 2.75) is 57.3 Å². The summed E-state index contributed by atoms with van der Waals surface area (Å²) >= 11 is 0. The first-order chi connectivity index (χ1) is 10.8. The van der Waals surface area contributed by atoms with E-state index in [-0.39, 0.29) is 16.7 Å². The second-order valence-corrected chi connectivity index (χ2v) is 8.07. The highest BCUT2D eigenvalue weighted by Gasteiger charge is 2.59. The molecule has 2 aliphatic rings. The molecule has 1 aromatic carbocycles. The average molecular weight is 311 g/mol. The molecule has 3 nitrogen and oxygen atoms in total. The van der Waals surface area contributed by atoms with E-state index in [0.717, 1.165) is 24.0 Å². The minimum Gasteiger partial charge on any atom is -0.468 e. The standard InChI is InChI=1S/C20H25NO2/c1-18(2)10-7-11-19(3)14-8-5-6-9-15(14)20(13-21,12-16(18)19)17(22)23-4/h5-6,8-9,16H,7,10-12H2,1-4H3/t16-,19+,20?/m1/s1. The molecule has 2 aliphatic carbocycles. The maximum Gasteiger partial charge on any atom is 0.330 e. The highest BCUT2D eigenvalue weighted by molar-refractivity contribution is 5.88. The smallest absolute Gasteiger partial charge is 0.330 e. The quantitative estimate of drug-likeness (QED) is 0.733. The van der Waals surface area contributed by atoms with Crippen molar-refractivity contribution in [3.8, 4) is 6.07 Å². The van der Waals surface area contributed by atoms with E-state index in [1.807, 2.05) is 18.2 Å². The number of fused-ring (bicyclic) bond motifs is 3. The van der Waals surface area contributed by atoms with E-state index in [1.165, 1.54) is 13.5 Å². The second-order valence-electron chi connectivity index (χ2n) is 8.07. The summed E-state index contributed by atoms with van der Waals surface area (Å²) < 4.78 is 5.06. The molecule has 0 bridgehead atoms. The summed E-state index contributed by atoms with van der Waals surface area (Å²) in [5.41, 5.74) is 0.967. The summed E-state index contributed by atoms with van der Waals surface area (Å²) in [6.45, 7) is 6.88. The van der Waals surface area contributed by atoms with Gasteiger partial charge in [-0.05, 0) is 47.1 Å². The molecule has 0 radical (unpaired) electrons. The molecule has 0 N–H and O–H groups in total. The fraction of sp³-hybridized carbons (Fsp3) is 0.600. The van der Waals surface area contributed by atoms with Gasteiger partial charge in [-0.1, -0.05) is 51.5 Å². The molecule has 3 rings (SSSR count). The second kappa shape index (κ2) is 5.09. The van der Waals surface area contributed by atoms with Gasteiger partial charge in [0.2, 0.25) is 0 Å². The van der Waals surface area contributed by atoms with Crippen molar-refractivity contribution in [2.24, 2.45) is 11.3 Å². The van der Waals surface area contributed by atoms with E-state index in [9.17, 15) is 10.1 Å². The number of methoxy groups -OCH3 is 1. The number of rotatable bonds is 1. The molecular weight excluding hydrogens is 286 g/mol. The third-order valence-electron chi connectivity index (χ3n) is 6.47. The predicted octanol–water partition coefficient (Wildman–Crippen LogP) is 4.11. The van der Waals surface area contributed by atoms with Crippen molar-refractivity contribution in [2.75, 3.05) is 7.11 Å². The summed E-state index contributed by atoms with van der Waals surface area (Å²) in [5.74, 6) is -0.131. The molecule has 3 heteroatoms. The number of hydrogen-bond donors (Lipinski definition) is 0. The third kappa shape index (κ3) is 2.04. The van der Waals surface area contributed by atoms with Crippen LogP contribution in [0.5, 0.6) is 0 Å². The van der Waals surface area contributed by atoms with Crippen molar-refractivity contribution in [3.63, 3.8) is 0 Å². The maximum atomic E-state index is 12.6. The predicted molar refractivity (Wildman–Crippen MR) is 88.8 cm³/mol. The van der Waals surface area contributed by atoms with Crippen LogP contribution in [0.3, 0.4) is 0 Å². The van der Waals surface area contributed by atoms with Crippen LogP contribution < -0.4 is 0 Å². The van der Waals surface area contributed by atoms with Gasteiger partial charge in [-0.15, -0.1) is 0 Å². The van der Waals surface area contributed by atoms with Gasteiger partial charge in [0.15, 0.2) is 5.41 Å². The van der Waals surface area contributed by atoms with Crippen molar-refractivity contribution >= 4 is 5.97 Å². The Morgan fingerprint density at radius 1 is 1.22 bits per heavy atom. The zero-order valence-corrected chi connectivity index (χ0v) is 14.5. The Balaban J connectivity index is 2.29. The number of carbonyl (C=O) groups is 1. The summed E-state index contributed by atoms with van der Waals surface area (Å²) in [7, 11) is 1.38. The SMILES string of the molecule is COC(=O)C1(C#N)C[C@@H]2C(C)(C)CCC[C@@]2(C)c2ccccc21. The first kappa shape index (κ1) is 16.1. The molecule has 0 heterocycles. The lowest BCUT2D eigenvalue weighted by atomic mass is 9.46. The highest BCUT2D eigenvalue weighted by Crippen LogP contribution is 2.60. The molecule has 0 saturated heterocycles. The lowest BCUT2D eigenvalue weighted by molar-refractivity contribution is -0.147. The van der Waals surface area contributed by atoms with Crippen LogP contribution in [0.1, 0.15) is 57.6 Å². The van der Waals surface area contributed by atoms with Gasteiger partial charge in [-0.3, -0.25) is 0 Å². The Morgan fingerprint density at radius 3 is 2.48 bits per heavy atom. The highest BCUT2D eigenvalue weighted by atomic mass is 16.5. The van der Waals surface area contributed by atoms with Crippen LogP contribution in [-0.2, 0) is 20.4 Å². The fourth-order valence-corrected chi connectivity index (χ4v) is 5.23. The number of hydrogen-bond acceptors (Lipinski definition) is 3. The summed E-state index contributed by atoms with van der Waals surface area (Å²) in [6, 6.07) is 10.3. The molecule has 0 amide bonds. The lowest BCUT2D eigenvalue weighted by Crippen LogP contribution is -2.55. The molecule has 0 spiro atoms. The van der Waals surface area contributed by atoms with Crippen LogP contribution in [-0.4, -0.2) is 13.1 Å². The van der Waals surface area contributed by atoms with E-state index in [2.05, 4.69) is 32.9 Å². The van der Waals surface area contributed by atoms with E-state index < -0.39 is 11.4 Å². The van der Waals surface area contributed by atoms with Crippen LogP contribution in [0.2, 0.25) is 0 Å². The monoisotopic (exact) mass is 311 g/mol. The maximum absolute atomic E-state index is 12.6. The molecule has 23 heavy (non-hydrogen) atoms. The van der Waals surface area contributed by atoms with Gasteiger partial charge in [0, 0.05) is 0 Å². The Morgan fingerprint density at radius 2 is 1.87 bits per heavy atom. The van der Waals surface area contributed by atoms with E-state index in [4.69, 9.17) is 4.74 Å². The topological polar surface area (TPSA) is 50.1 Å². The lowest BCUT2D eigenvalue weighted by Gasteiger charge is -2.57. The molecule has 3 atom stereocenters. The van der Waals surface area contributed by atoms with Crippen LogP contribution in [0.25, 0.3) is 0 Å². The molecule has 122 valence electrons. The largest absolute Gasteiger partial charge is 0.468 e. The van der Waals surface area contributed by atoms with Gasteiger partial charge in [-0.25, -0.2) is 4.79 Å². The fourth-order valence-electron chi connectivity index (χ4n) is 5.23. The normalized spacial score (nSPS) is 34.7. The molecule has 0 aliphatic heterocycles. The van der Waals surface area contributed by atoms with Gasteiger partial charge < -0.3 is 4.74 Å². The number of ether oxygens (including phenoxy) is 1. The summed E-state index contributed by atoms with van der Waals surface area (Å²) in [5, 5.41) is 9.98. The van der Waals surface area contributed by atoms with Crippen molar-refractivity contribution in [1.82, 2.24) is 0 Å². The summed E-state index contributed by atoms with van der Waals surface area (Å²) in [6.07, 6.45) is 3.99. The number of benzene rings is 1. The van der Waals surface area contributed by atoms with Crippen LogP contribution in [0, 0.1) is 22.7 Å². The summed E-state index contributed by atoms with van der Waals surface area (Å²) in [4.78, 5) is 12.6. The van der Waals surface area contributed by atoms with Gasteiger partial charge in [0.1, 0.15) is 0 Å². The molecule has 0 aromatic heterocycles. The molecule has 1 unspecified atom stereocenters. The molecular formula is C20H25NO2. The Kier molecular flexibility index (Phi) is 3.55. The molecule has 1 aromatic rings. The Hall–Kier alpha value is -1.82. The van der Waals surface area contributed by atoms with Gasteiger partial charge in [0.05, 0.1) is 13.2 Å². The van der Waals surface area contributed by atoms with E-state index in [1.54, 1.807) is 0 Å². The average Bonchev–Trinajstić information content (AvgIpc) is 2.54. The van der Waals surface area contributed by atoms with E-state index >= 15 is 0 Å². The van der Waals surface area contributed by atoms with E-state index in [0.29, 0.717) is 6.42 Å². The first-order valence-corrected chi connectivity index (χ1v) is 8.41. The zero-order chi connectivity index (χ0) is 16.9. The van der Waals surface area contributed by atoms with Crippen molar-refractivity contribution in [3.05, 3.63) is 35.4 Å². The van der Waals surface area contributed by atoms with Crippen molar-refractivity contribution < 1.29 is 9.53 Å². The Bertz CT molecular complexity index is 687. The van der Waals surface area contributed by atoms with Crippen LogP contribution in [0.4, 0.5) is 0 Å². The third-order valence-corrected chi connectivity index (χ3v) is 6.47. The first-order valence-electron chi connectivity index (χ1n) is 8.41. The van der Waals surface area contributed by atoms with Crippen LogP contribution in [0.15, 0.2) is 24.3 Å². The number of carbonyl (C=O) groups excluding carboxylic acids is 1. The minimum absolute atomic E-state index is 0.0206.